The molecule has 0 saturated heterocycles. The van der Waals surface area contributed by atoms with E-state index in [0.29, 0.717) is 23.2 Å². The van der Waals surface area contributed by atoms with Gasteiger partial charge < -0.3 is 35.1 Å². The van der Waals surface area contributed by atoms with E-state index >= 15 is 0 Å². The highest BCUT2D eigenvalue weighted by atomic mass is 16.5. The van der Waals surface area contributed by atoms with Crippen LogP contribution in [-0.4, -0.2) is 44.3 Å². The van der Waals surface area contributed by atoms with Crippen LogP contribution in [0.2, 0.25) is 0 Å². The maximum absolute atomic E-state index is 13.6. The van der Waals surface area contributed by atoms with Crippen molar-refractivity contribution in [3.63, 3.8) is 0 Å². The lowest BCUT2D eigenvalue weighted by Gasteiger charge is -2.20. The topological polar surface area (TPSA) is 157 Å². The van der Waals surface area contributed by atoms with Crippen LogP contribution in [0.15, 0.2) is 59.2 Å². The van der Waals surface area contributed by atoms with Gasteiger partial charge in [-0.2, -0.15) is 0 Å². The van der Waals surface area contributed by atoms with Crippen LogP contribution < -0.4 is 17.1 Å². The Morgan fingerprint density at radius 1 is 1.20 bits per heavy atom. The molecule has 0 fully saturated rings. The van der Waals surface area contributed by atoms with E-state index in [9.17, 15) is 19.8 Å². The predicted molar refractivity (Wildman–Crippen MR) is 155 cm³/mol. The second kappa shape index (κ2) is 12.0. The summed E-state index contributed by atoms with van der Waals surface area (Å²) < 4.78 is 6.79. The van der Waals surface area contributed by atoms with Crippen LogP contribution in [-0.2, 0) is 29.2 Å². The van der Waals surface area contributed by atoms with Gasteiger partial charge in [-0.05, 0) is 35.4 Å². The smallest absolute Gasteiger partial charge is 0.257 e. The number of rotatable bonds is 8. The Kier molecular flexibility index (Phi) is 8.65. The summed E-state index contributed by atoms with van der Waals surface area (Å²) in [6, 6.07) is 13.5. The number of carbonyl (C=O) groups is 1. The zero-order chi connectivity index (χ0) is 29.1. The van der Waals surface area contributed by atoms with Crippen molar-refractivity contribution in [2.75, 3.05) is 7.11 Å². The van der Waals surface area contributed by atoms with E-state index < -0.39 is 12.2 Å². The summed E-state index contributed by atoms with van der Waals surface area (Å²) in [5.41, 5.74) is 9.64. The number of nitrogens with zero attached hydrogens (tertiary/aromatic N) is 3. The first-order valence-corrected chi connectivity index (χ1v) is 13.1. The lowest BCUT2D eigenvalue weighted by Crippen LogP contribution is -2.29. The van der Waals surface area contributed by atoms with Crippen LogP contribution in [0, 0.1) is 0 Å². The van der Waals surface area contributed by atoms with Gasteiger partial charge >= 0.3 is 0 Å². The van der Waals surface area contributed by atoms with Gasteiger partial charge in [0.15, 0.2) is 6.29 Å². The number of hydrogen-bond acceptors (Lipinski definition) is 9. The van der Waals surface area contributed by atoms with E-state index in [0.717, 1.165) is 27.3 Å². The molecule has 1 aliphatic rings. The Hall–Kier alpha value is -4.09. The van der Waals surface area contributed by atoms with Crippen LogP contribution in [0.25, 0.3) is 33.1 Å². The van der Waals surface area contributed by atoms with Gasteiger partial charge in [-0.3, -0.25) is 4.79 Å². The minimum Gasteiger partial charge on any atom is -0.399 e. The molecule has 1 aliphatic heterocycles. The Balaban J connectivity index is 0.00000181. The van der Waals surface area contributed by atoms with Crippen molar-refractivity contribution in [3.8, 4) is 11.4 Å². The molecule has 6 N–H and O–H groups in total. The maximum atomic E-state index is 13.6. The first-order chi connectivity index (χ1) is 19.2. The zero-order valence-corrected chi connectivity index (χ0v) is 23.1. The molecule has 40 heavy (non-hydrogen) atoms. The minimum atomic E-state index is -1.47. The summed E-state index contributed by atoms with van der Waals surface area (Å²) in [6.45, 7) is 5.95. The number of hydrogen-bond donors (Lipinski definition) is 4. The first-order valence-electron chi connectivity index (χ1n) is 13.1. The van der Waals surface area contributed by atoms with Gasteiger partial charge in [-0.1, -0.05) is 44.2 Å². The Morgan fingerprint density at radius 3 is 2.60 bits per heavy atom. The quantitative estimate of drug-likeness (QED) is 0.0996. The molecule has 0 spiro atoms. The van der Waals surface area contributed by atoms with Gasteiger partial charge in [0.1, 0.15) is 6.10 Å². The van der Waals surface area contributed by atoms with Crippen molar-refractivity contribution >= 4 is 28.0 Å². The molecule has 2 aromatic heterocycles. The summed E-state index contributed by atoms with van der Waals surface area (Å²) >= 11 is 0. The van der Waals surface area contributed by atoms with Crippen LogP contribution >= 0.6 is 0 Å². The monoisotopic (exact) mass is 545 g/mol. The van der Waals surface area contributed by atoms with E-state index in [4.69, 9.17) is 21.3 Å². The molecule has 2 atom stereocenters. The second-order valence-corrected chi connectivity index (χ2v) is 9.44. The van der Waals surface area contributed by atoms with E-state index in [1.165, 1.54) is 18.3 Å². The first kappa shape index (κ1) is 28.9. The van der Waals surface area contributed by atoms with E-state index in [-0.39, 0.29) is 42.1 Å². The highest BCUT2D eigenvalue weighted by Crippen LogP contribution is 2.39. The highest BCUT2D eigenvalue weighted by molar-refractivity contribution is 6.09. The van der Waals surface area contributed by atoms with Gasteiger partial charge in [0.05, 0.1) is 48.4 Å². The molecule has 0 amide bonds. The molecular formula is C30H35N5O5. The standard InChI is InChI=1S/C28H29N5O5.C2H6/c1-15(35)22(29)12-32(30)10-19-20-11-33-24(9-18(25(36)13-34)21(14-38-2)28(33)37)27(20)31-23-8-7-16-5-3-4-6-17(16)26(19)23;1-2/h3-9,12-13,15,25,35-36H,10-11,14,29-30H2,1-2H3;1-2H3/b22-12-;. The molecule has 0 aliphatic carbocycles. The maximum Gasteiger partial charge on any atom is 0.257 e. The number of aldehydes is 1. The van der Waals surface area contributed by atoms with Gasteiger partial charge in [0.25, 0.3) is 5.56 Å². The average molecular weight is 546 g/mol. The molecular weight excluding hydrogens is 510 g/mol. The molecule has 3 heterocycles. The number of ether oxygens (including phenoxy) is 1. The van der Waals surface area contributed by atoms with E-state index in [1.54, 1.807) is 17.6 Å². The summed E-state index contributed by atoms with van der Waals surface area (Å²) in [5.74, 6) is 6.34. The Morgan fingerprint density at radius 2 is 1.93 bits per heavy atom. The Labute approximate surface area is 232 Å². The minimum absolute atomic E-state index is 0.0530. The molecule has 2 aromatic carbocycles. The van der Waals surface area contributed by atoms with Crippen molar-refractivity contribution in [1.29, 1.82) is 0 Å². The normalized spacial score (nSPS) is 13.8. The van der Waals surface area contributed by atoms with Crippen molar-refractivity contribution in [2.45, 2.75) is 52.7 Å². The number of aliphatic hydroxyl groups is 2. The third kappa shape index (κ3) is 5.09. The molecule has 0 saturated carbocycles. The van der Waals surface area contributed by atoms with Crippen LogP contribution in [0.1, 0.15) is 49.1 Å². The number of hydrazine groups is 1. The Bertz CT molecular complexity index is 1660. The largest absolute Gasteiger partial charge is 0.399 e. The lowest BCUT2D eigenvalue weighted by atomic mass is 9.95. The summed E-state index contributed by atoms with van der Waals surface area (Å²) in [6.07, 6.45) is -0.471. The molecule has 10 heteroatoms. The number of aromatic nitrogens is 2. The highest BCUT2D eigenvalue weighted by Gasteiger charge is 2.30. The van der Waals surface area contributed by atoms with Gasteiger partial charge in [-0.25, -0.2) is 10.8 Å². The van der Waals surface area contributed by atoms with Crippen LogP contribution in [0.4, 0.5) is 0 Å². The fourth-order valence-electron chi connectivity index (χ4n) is 5.08. The molecule has 2 unspecified atom stereocenters. The van der Waals surface area contributed by atoms with Crippen LogP contribution in [0.3, 0.4) is 0 Å². The summed E-state index contributed by atoms with van der Waals surface area (Å²) in [5, 5.41) is 24.5. The van der Waals surface area contributed by atoms with Gasteiger partial charge in [0, 0.05) is 35.4 Å². The fraction of sp³-hybridized carbons (Fsp3) is 0.300. The van der Waals surface area contributed by atoms with E-state index in [2.05, 4.69) is 0 Å². The third-order valence-corrected chi connectivity index (χ3v) is 6.96. The summed E-state index contributed by atoms with van der Waals surface area (Å²) in [4.78, 5) is 30.0. The number of pyridine rings is 2. The van der Waals surface area contributed by atoms with Crippen molar-refractivity contribution in [3.05, 3.63) is 87.0 Å². The number of methoxy groups -OCH3 is 1. The zero-order valence-electron chi connectivity index (χ0n) is 23.1. The van der Waals surface area contributed by atoms with Crippen molar-refractivity contribution in [1.82, 2.24) is 14.6 Å². The number of nitrogens with two attached hydrogens (primary N) is 2. The van der Waals surface area contributed by atoms with Crippen molar-refractivity contribution < 1.29 is 19.7 Å². The lowest BCUT2D eigenvalue weighted by molar-refractivity contribution is -0.115. The number of aliphatic hydroxyl groups excluding tert-OH is 2. The molecule has 4 aromatic rings. The molecule has 5 rings (SSSR count). The SMILES string of the molecule is CC.COCc1c(C(O)C=O)cc2n(c1=O)Cc1c-2nc2ccc3ccccc3c2c1CN(N)/C=C(\N)C(C)O. The predicted octanol–water partition coefficient (Wildman–Crippen LogP) is 2.84. The average Bonchev–Trinajstić information content (AvgIpc) is 3.33. The molecule has 10 nitrogen and oxygen atoms in total. The van der Waals surface area contributed by atoms with Gasteiger partial charge in [0.2, 0.25) is 0 Å². The number of carbonyl (C=O) groups excluding carboxylic acids is 1. The molecule has 0 bridgehead atoms. The summed E-state index contributed by atoms with van der Waals surface area (Å²) in [7, 11) is 1.45. The van der Waals surface area contributed by atoms with Gasteiger partial charge in [-0.15, -0.1) is 0 Å². The fourth-order valence-corrected chi connectivity index (χ4v) is 5.08. The van der Waals surface area contributed by atoms with Crippen LogP contribution in [0.5, 0.6) is 0 Å². The number of benzene rings is 2. The molecule has 0 radical (unpaired) electrons. The third-order valence-electron chi connectivity index (χ3n) is 6.96. The number of fused-ring (bicyclic) bond motifs is 6. The van der Waals surface area contributed by atoms with E-state index in [1.807, 2.05) is 50.2 Å². The molecule has 210 valence electrons. The van der Waals surface area contributed by atoms with Crippen molar-refractivity contribution in [2.24, 2.45) is 11.6 Å². The second-order valence-electron chi connectivity index (χ2n) is 9.44.